The predicted molar refractivity (Wildman–Crippen MR) is 116 cm³/mol. The molecule has 0 unspecified atom stereocenters. The van der Waals surface area contributed by atoms with E-state index < -0.39 is 6.67 Å². The minimum atomic E-state index is -0.623. The Labute approximate surface area is 188 Å². The average Bonchev–Trinajstić information content (AvgIpc) is 3.23. The van der Waals surface area contributed by atoms with Crippen LogP contribution in [0, 0.1) is 5.92 Å². The largest absolute Gasteiger partial charge is 0.369 e. The average molecular weight is 474 g/mol. The predicted octanol–water partition coefficient (Wildman–Crippen LogP) is 3.96. The fourth-order valence-electron chi connectivity index (χ4n) is 3.21. The zero-order chi connectivity index (χ0) is 21.5. The number of amides is 2. The van der Waals surface area contributed by atoms with Crippen LogP contribution in [-0.2, 0) is 20.9 Å². The fourth-order valence-corrected chi connectivity index (χ4v) is 4.25. The molecule has 1 aliphatic heterocycles. The van der Waals surface area contributed by atoms with Crippen molar-refractivity contribution in [3.63, 3.8) is 0 Å². The Hall–Kier alpha value is -1.74. The summed E-state index contributed by atoms with van der Waals surface area (Å²) >= 11 is 13.5. The summed E-state index contributed by atoms with van der Waals surface area (Å²) in [6.07, 6.45) is 1.46. The summed E-state index contributed by atoms with van der Waals surface area (Å²) in [7, 11) is 0. The number of nitrogens with one attached hydrogen (secondary N) is 1. The number of alkyl halides is 1. The molecule has 2 heterocycles. The van der Waals surface area contributed by atoms with Gasteiger partial charge < -0.3 is 15.0 Å². The molecule has 1 fully saturated rings. The molecule has 30 heavy (non-hydrogen) atoms. The molecule has 1 aromatic carbocycles. The standard InChI is InChI=1S/C20H22Cl2FN3O3S/c21-15-4-3-13(8-16(15)22)17-12-30-18(25-17)9-24-20(28)14-2-1-6-26(10-14)19(27)11-29-7-5-23/h3-4,8,12,14H,1-2,5-7,9-11H2,(H,24,28)/t14-/m0/s1. The van der Waals surface area contributed by atoms with E-state index in [0.29, 0.717) is 36.1 Å². The lowest BCUT2D eigenvalue weighted by Gasteiger charge is -2.32. The Morgan fingerprint density at radius 2 is 2.17 bits per heavy atom. The van der Waals surface area contributed by atoms with E-state index in [9.17, 15) is 14.0 Å². The minimum absolute atomic E-state index is 0.0957. The van der Waals surface area contributed by atoms with E-state index in [1.165, 1.54) is 11.3 Å². The molecule has 0 radical (unpaired) electrons. The third-order valence-corrected chi connectivity index (χ3v) is 6.36. The van der Waals surface area contributed by atoms with Crippen molar-refractivity contribution in [2.75, 3.05) is 33.0 Å². The summed E-state index contributed by atoms with van der Waals surface area (Å²) in [5, 5.41) is 6.53. The molecule has 6 nitrogen and oxygen atoms in total. The lowest BCUT2D eigenvalue weighted by molar-refractivity contribution is -0.139. The summed E-state index contributed by atoms with van der Waals surface area (Å²) in [6.45, 7) is 0.365. The number of aromatic nitrogens is 1. The van der Waals surface area contributed by atoms with Gasteiger partial charge in [0.2, 0.25) is 11.8 Å². The van der Waals surface area contributed by atoms with Crippen molar-refractivity contribution in [1.29, 1.82) is 0 Å². The van der Waals surface area contributed by atoms with E-state index in [4.69, 9.17) is 27.9 Å². The van der Waals surface area contributed by atoms with Crippen molar-refractivity contribution in [3.8, 4) is 11.3 Å². The Morgan fingerprint density at radius 3 is 2.93 bits per heavy atom. The summed E-state index contributed by atoms with van der Waals surface area (Å²) in [6, 6.07) is 5.32. The number of hydrogen-bond donors (Lipinski definition) is 1. The molecule has 162 valence electrons. The SMILES string of the molecule is O=C(NCc1nc(-c2ccc(Cl)c(Cl)c2)cs1)[C@H]1CCCN(C(=O)COCCF)C1. The van der Waals surface area contributed by atoms with Gasteiger partial charge in [0.05, 0.1) is 34.8 Å². The number of hydrogen-bond acceptors (Lipinski definition) is 5. The Bertz CT molecular complexity index is 896. The van der Waals surface area contributed by atoms with E-state index in [1.807, 2.05) is 11.4 Å². The van der Waals surface area contributed by atoms with Crippen molar-refractivity contribution in [2.24, 2.45) is 5.92 Å². The molecule has 2 aromatic rings. The second-order valence-corrected chi connectivity index (χ2v) is 8.65. The number of carbonyl (C=O) groups excluding carboxylic acids is 2. The number of rotatable bonds is 8. The van der Waals surface area contributed by atoms with Crippen molar-refractivity contribution in [1.82, 2.24) is 15.2 Å². The highest BCUT2D eigenvalue weighted by atomic mass is 35.5. The van der Waals surface area contributed by atoms with Crippen LogP contribution in [0.1, 0.15) is 17.8 Å². The van der Waals surface area contributed by atoms with Gasteiger partial charge >= 0.3 is 0 Å². The van der Waals surface area contributed by atoms with Gasteiger partial charge in [-0.25, -0.2) is 9.37 Å². The van der Waals surface area contributed by atoms with Crippen LogP contribution in [-0.4, -0.2) is 54.7 Å². The number of ether oxygens (including phenoxy) is 1. The smallest absolute Gasteiger partial charge is 0.248 e. The second-order valence-electron chi connectivity index (χ2n) is 6.89. The third kappa shape index (κ3) is 6.14. The summed E-state index contributed by atoms with van der Waals surface area (Å²) in [5.41, 5.74) is 1.63. The van der Waals surface area contributed by atoms with Gasteiger partial charge in [-0.05, 0) is 25.0 Å². The van der Waals surface area contributed by atoms with Gasteiger partial charge in [-0.15, -0.1) is 11.3 Å². The van der Waals surface area contributed by atoms with Gasteiger partial charge in [0.25, 0.3) is 0 Å². The van der Waals surface area contributed by atoms with Gasteiger partial charge in [-0.1, -0.05) is 29.3 Å². The maximum absolute atomic E-state index is 12.6. The highest BCUT2D eigenvalue weighted by Crippen LogP contribution is 2.29. The number of thiazole rings is 1. The van der Waals surface area contributed by atoms with Crippen molar-refractivity contribution in [3.05, 3.63) is 38.6 Å². The van der Waals surface area contributed by atoms with E-state index in [-0.39, 0.29) is 30.9 Å². The molecule has 1 aliphatic rings. The number of carbonyl (C=O) groups is 2. The number of piperidine rings is 1. The molecule has 3 rings (SSSR count). The first kappa shape index (κ1) is 22.9. The number of halogens is 3. The van der Waals surface area contributed by atoms with Crippen LogP contribution in [0.4, 0.5) is 4.39 Å². The Balaban J connectivity index is 1.51. The molecular weight excluding hydrogens is 452 g/mol. The molecule has 1 atom stereocenters. The zero-order valence-corrected chi connectivity index (χ0v) is 18.5. The number of benzene rings is 1. The van der Waals surface area contributed by atoms with Crippen LogP contribution >= 0.6 is 34.5 Å². The first-order valence-corrected chi connectivity index (χ1v) is 11.2. The molecule has 0 bridgehead atoms. The van der Waals surface area contributed by atoms with Crippen LogP contribution < -0.4 is 5.32 Å². The lowest BCUT2D eigenvalue weighted by Crippen LogP contribution is -2.46. The molecule has 0 spiro atoms. The first-order valence-electron chi connectivity index (χ1n) is 9.57. The van der Waals surface area contributed by atoms with Gasteiger partial charge in [0.1, 0.15) is 18.3 Å². The summed E-state index contributed by atoms with van der Waals surface area (Å²) < 4.78 is 17.1. The summed E-state index contributed by atoms with van der Waals surface area (Å²) in [5.74, 6) is -0.603. The van der Waals surface area contributed by atoms with Crippen LogP contribution in [0.15, 0.2) is 23.6 Å². The number of likely N-dealkylation sites (tertiary alicyclic amines) is 1. The maximum Gasteiger partial charge on any atom is 0.248 e. The van der Waals surface area contributed by atoms with Crippen LogP contribution in [0.3, 0.4) is 0 Å². The van der Waals surface area contributed by atoms with Crippen molar-refractivity contribution < 1.29 is 18.7 Å². The van der Waals surface area contributed by atoms with Gasteiger partial charge in [-0.3, -0.25) is 9.59 Å². The monoisotopic (exact) mass is 473 g/mol. The molecule has 1 aromatic heterocycles. The van der Waals surface area contributed by atoms with Gasteiger partial charge in [0.15, 0.2) is 0 Å². The van der Waals surface area contributed by atoms with Crippen molar-refractivity contribution >= 4 is 46.4 Å². The highest BCUT2D eigenvalue weighted by Gasteiger charge is 2.28. The van der Waals surface area contributed by atoms with Gasteiger partial charge in [-0.2, -0.15) is 0 Å². The van der Waals surface area contributed by atoms with Crippen LogP contribution in [0.5, 0.6) is 0 Å². The quantitative estimate of drug-likeness (QED) is 0.588. The molecule has 1 N–H and O–H groups in total. The number of nitrogens with zero attached hydrogens (tertiary/aromatic N) is 2. The van der Waals surface area contributed by atoms with Crippen LogP contribution in [0.2, 0.25) is 10.0 Å². The van der Waals surface area contributed by atoms with Crippen LogP contribution in [0.25, 0.3) is 11.3 Å². The molecule has 10 heteroatoms. The molecule has 0 aliphatic carbocycles. The van der Waals surface area contributed by atoms with Crippen molar-refractivity contribution in [2.45, 2.75) is 19.4 Å². The van der Waals surface area contributed by atoms with E-state index >= 15 is 0 Å². The fraction of sp³-hybridized carbons (Fsp3) is 0.450. The Kier molecular flexibility index (Phi) is 8.44. The molecular formula is C20H22Cl2FN3O3S. The molecule has 2 amide bonds. The highest BCUT2D eigenvalue weighted by molar-refractivity contribution is 7.09. The third-order valence-electron chi connectivity index (χ3n) is 4.77. The first-order chi connectivity index (χ1) is 14.5. The maximum atomic E-state index is 12.6. The molecule has 0 saturated carbocycles. The lowest BCUT2D eigenvalue weighted by atomic mass is 9.97. The topological polar surface area (TPSA) is 71.5 Å². The van der Waals surface area contributed by atoms with E-state index in [2.05, 4.69) is 10.3 Å². The van der Waals surface area contributed by atoms with E-state index in [0.717, 1.165) is 22.7 Å². The normalized spacial score (nSPS) is 16.5. The van der Waals surface area contributed by atoms with E-state index in [1.54, 1.807) is 17.0 Å². The second kappa shape index (κ2) is 11.0. The van der Waals surface area contributed by atoms with Gasteiger partial charge in [0, 0.05) is 24.0 Å². The molecule has 1 saturated heterocycles. The zero-order valence-electron chi connectivity index (χ0n) is 16.2. The minimum Gasteiger partial charge on any atom is -0.369 e. The summed E-state index contributed by atoms with van der Waals surface area (Å²) in [4.78, 5) is 30.8. The Morgan fingerprint density at radius 1 is 1.33 bits per heavy atom.